The van der Waals surface area contributed by atoms with Crippen LogP contribution in [0.3, 0.4) is 0 Å². The predicted octanol–water partition coefficient (Wildman–Crippen LogP) is 2.58. The van der Waals surface area contributed by atoms with Crippen LogP contribution in [-0.4, -0.2) is 58.6 Å². The van der Waals surface area contributed by atoms with Crippen LogP contribution in [0.5, 0.6) is 0 Å². The summed E-state index contributed by atoms with van der Waals surface area (Å²) in [5.41, 5.74) is 2.65. The third-order valence-corrected chi connectivity index (χ3v) is 7.85. The van der Waals surface area contributed by atoms with Crippen LogP contribution in [0.4, 0.5) is 5.69 Å². The van der Waals surface area contributed by atoms with E-state index in [1.54, 1.807) is 31.2 Å². The highest BCUT2D eigenvalue weighted by Gasteiger charge is 2.51. The highest BCUT2D eigenvalue weighted by atomic mass is 32.2. The van der Waals surface area contributed by atoms with E-state index in [4.69, 9.17) is 4.74 Å². The number of hydrogen-bond acceptors (Lipinski definition) is 5. The zero-order valence-corrected chi connectivity index (χ0v) is 19.5. The van der Waals surface area contributed by atoms with Crippen molar-refractivity contribution in [1.29, 1.82) is 0 Å². The number of anilines is 1. The van der Waals surface area contributed by atoms with Gasteiger partial charge in [0.05, 0.1) is 23.5 Å². The summed E-state index contributed by atoms with van der Waals surface area (Å²) in [6.07, 6.45) is 1.62. The Kier molecular flexibility index (Phi) is 6.55. The van der Waals surface area contributed by atoms with Crippen molar-refractivity contribution in [3.63, 3.8) is 0 Å². The van der Waals surface area contributed by atoms with Crippen LogP contribution in [0.2, 0.25) is 0 Å². The van der Waals surface area contributed by atoms with Crippen LogP contribution < -0.4 is 10.0 Å². The van der Waals surface area contributed by atoms with Gasteiger partial charge < -0.3 is 10.1 Å². The van der Waals surface area contributed by atoms with Crippen molar-refractivity contribution in [2.24, 2.45) is 0 Å². The van der Waals surface area contributed by atoms with Crippen LogP contribution in [0.1, 0.15) is 29.5 Å². The van der Waals surface area contributed by atoms with E-state index < -0.39 is 15.4 Å². The molecule has 0 radical (unpaired) electrons. The lowest BCUT2D eigenvalue weighted by Gasteiger charge is -2.27. The molecule has 7 nitrogen and oxygen atoms in total. The molecule has 2 aromatic rings. The average Bonchev–Trinajstić information content (AvgIpc) is 3.56. The number of benzene rings is 2. The van der Waals surface area contributed by atoms with Gasteiger partial charge in [-0.2, -0.15) is 0 Å². The van der Waals surface area contributed by atoms with Crippen LogP contribution in [0.25, 0.3) is 0 Å². The molecule has 0 spiro atoms. The summed E-state index contributed by atoms with van der Waals surface area (Å²) in [5.74, 6) is 0.0503. The molecule has 0 aromatic heterocycles. The van der Waals surface area contributed by atoms with Gasteiger partial charge in [-0.1, -0.05) is 29.8 Å². The Labute approximate surface area is 190 Å². The quantitative estimate of drug-likeness (QED) is 0.636. The molecule has 1 aliphatic carbocycles. The van der Waals surface area contributed by atoms with E-state index in [2.05, 4.69) is 14.9 Å². The minimum atomic E-state index is -3.68. The van der Waals surface area contributed by atoms with Crippen molar-refractivity contribution >= 4 is 21.6 Å². The van der Waals surface area contributed by atoms with Crippen molar-refractivity contribution < 1.29 is 17.9 Å². The van der Waals surface area contributed by atoms with Gasteiger partial charge in [0.2, 0.25) is 5.91 Å². The zero-order valence-electron chi connectivity index (χ0n) is 18.7. The third-order valence-electron chi connectivity index (χ3n) is 6.31. The van der Waals surface area contributed by atoms with E-state index >= 15 is 0 Å². The standard InChI is InChI=1S/C24H31N3O4S/c1-18-3-8-22(19(2)17-18)32(29,30)26-21-6-4-20(5-7-21)24(9-10-24)23(28)25-11-12-27-13-15-31-16-14-27/h3-8,17,26H,9-16H2,1-2H3,(H,25,28). The maximum atomic E-state index is 12.9. The van der Waals surface area contributed by atoms with Gasteiger partial charge in [0.1, 0.15) is 0 Å². The maximum absolute atomic E-state index is 12.9. The molecule has 2 N–H and O–H groups in total. The van der Waals surface area contributed by atoms with Crippen molar-refractivity contribution in [1.82, 2.24) is 10.2 Å². The van der Waals surface area contributed by atoms with E-state index in [1.807, 2.05) is 25.1 Å². The highest BCUT2D eigenvalue weighted by molar-refractivity contribution is 7.92. The van der Waals surface area contributed by atoms with Gasteiger partial charge in [0, 0.05) is 31.9 Å². The molecule has 172 valence electrons. The number of rotatable bonds is 8. The summed E-state index contributed by atoms with van der Waals surface area (Å²) in [6.45, 7) is 8.47. The smallest absolute Gasteiger partial charge is 0.262 e. The summed E-state index contributed by atoms with van der Waals surface area (Å²) < 4.78 is 33.6. The molecule has 0 bridgehead atoms. The van der Waals surface area contributed by atoms with Gasteiger partial charge in [-0.15, -0.1) is 0 Å². The molecule has 8 heteroatoms. The van der Waals surface area contributed by atoms with Crippen molar-refractivity contribution in [3.05, 3.63) is 59.2 Å². The molecule has 2 aromatic carbocycles. The van der Waals surface area contributed by atoms with E-state index in [1.165, 1.54) is 0 Å². The van der Waals surface area contributed by atoms with Crippen LogP contribution in [0, 0.1) is 13.8 Å². The molecular formula is C24H31N3O4S. The largest absolute Gasteiger partial charge is 0.379 e. The number of nitrogens with one attached hydrogen (secondary N) is 2. The Morgan fingerprint density at radius 2 is 1.75 bits per heavy atom. The lowest BCUT2D eigenvalue weighted by molar-refractivity contribution is -0.123. The third kappa shape index (κ3) is 4.98. The predicted molar refractivity (Wildman–Crippen MR) is 124 cm³/mol. The minimum absolute atomic E-state index is 0.0503. The number of carbonyl (C=O) groups is 1. The summed E-state index contributed by atoms with van der Waals surface area (Å²) in [4.78, 5) is 15.4. The number of ether oxygens (including phenoxy) is 1. The fourth-order valence-electron chi connectivity index (χ4n) is 4.26. The summed E-state index contributed by atoms with van der Waals surface area (Å²) >= 11 is 0. The Balaban J connectivity index is 1.37. The van der Waals surface area contributed by atoms with E-state index in [0.717, 1.165) is 56.8 Å². The molecule has 1 saturated carbocycles. The zero-order chi connectivity index (χ0) is 22.8. The van der Waals surface area contributed by atoms with Gasteiger partial charge in [-0.05, 0) is 56.0 Å². The summed E-state index contributed by atoms with van der Waals surface area (Å²) in [6, 6.07) is 12.4. The number of carbonyl (C=O) groups excluding carboxylic acids is 1. The van der Waals surface area contributed by atoms with Crippen LogP contribution in [-0.2, 0) is 25.0 Å². The molecule has 0 unspecified atom stereocenters. The molecule has 0 atom stereocenters. The molecule has 2 fully saturated rings. The first-order valence-corrected chi connectivity index (χ1v) is 12.6. The number of sulfonamides is 1. The second kappa shape index (κ2) is 9.21. The maximum Gasteiger partial charge on any atom is 0.262 e. The molecule has 4 rings (SSSR count). The fraction of sp³-hybridized carbons (Fsp3) is 0.458. The highest BCUT2D eigenvalue weighted by Crippen LogP contribution is 2.48. The number of nitrogens with zero attached hydrogens (tertiary/aromatic N) is 1. The first kappa shape index (κ1) is 22.8. The van der Waals surface area contributed by atoms with Crippen molar-refractivity contribution in [2.45, 2.75) is 37.0 Å². The molecule has 32 heavy (non-hydrogen) atoms. The fourth-order valence-corrected chi connectivity index (χ4v) is 5.55. The first-order valence-electron chi connectivity index (χ1n) is 11.1. The van der Waals surface area contributed by atoms with Crippen molar-refractivity contribution in [2.75, 3.05) is 44.1 Å². The first-order chi connectivity index (χ1) is 15.3. The van der Waals surface area contributed by atoms with Gasteiger partial charge in [-0.25, -0.2) is 8.42 Å². The molecule has 1 aliphatic heterocycles. The molecular weight excluding hydrogens is 426 g/mol. The SMILES string of the molecule is Cc1ccc(S(=O)(=O)Nc2ccc(C3(C(=O)NCCN4CCOCC4)CC3)cc2)c(C)c1. The Hall–Kier alpha value is -2.42. The summed E-state index contributed by atoms with van der Waals surface area (Å²) in [5, 5.41) is 3.08. The Bertz CT molecular complexity index is 1070. The van der Waals surface area contributed by atoms with Crippen LogP contribution in [0.15, 0.2) is 47.4 Å². The lowest BCUT2D eigenvalue weighted by atomic mass is 9.95. The Morgan fingerprint density at radius 3 is 2.38 bits per heavy atom. The number of amides is 1. The topological polar surface area (TPSA) is 87.7 Å². The molecule has 1 saturated heterocycles. The monoisotopic (exact) mass is 457 g/mol. The number of aryl methyl sites for hydroxylation is 2. The van der Waals surface area contributed by atoms with Gasteiger partial charge >= 0.3 is 0 Å². The average molecular weight is 458 g/mol. The van der Waals surface area contributed by atoms with Crippen molar-refractivity contribution in [3.8, 4) is 0 Å². The van der Waals surface area contributed by atoms with Gasteiger partial charge in [0.15, 0.2) is 0 Å². The molecule has 2 aliphatic rings. The van der Waals surface area contributed by atoms with Crippen LogP contribution >= 0.6 is 0 Å². The minimum Gasteiger partial charge on any atom is -0.379 e. The second-order valence-corrected chi connectivity index (χ2v) is 10.4. The van der Waals surface area contributed by atoms with E-state index in [9.17, 15) is 13.2 Å². The number of hydrogen-bond donors (Lipinski definition) is 2. The molecule has 1 amide bonds. The second-order valence-electron chi connectivity index (χ2n) is 8.74. The van der Waals surface area contributed by atoms with Gasteiger partial charge in [-0.3, -0.25) is 14.4 Å². The Morgan fingerprint density at radius 1 is 1.06 bits per heavy atom. The van der Waals surface area contributed by atoms with E-state index in [-0.39, 0.29) is 10.8 Å². The van der Waals surface area contributed by atoms with Gasteiger partial charge in [0.25, 0.3) is 10.0 Å². The molecule has 1 heterocycles. The lowest BCUT2D eigenvalue weighted by Crippen LogP contribution is -2.43. The number of morpholine rings is 1. The summed E-state index contributed by atoms with van der Waals surface area (Å²) in [7, 11) is -3.68. The normalized spacial score (nSPS) is 18.2. The van der Waals surface area contributed by atoms with E-state index in [0.29, 0.717) is 17.8 Å².